The van der Waals surface area contributed by atoms with Gasteiger partial charge >= 0.3 is 5.97 Å². The molecule has 1 saturated heterocycles. The minimum absolute atomic E-state index is 0.137. The van der Waals surface area contributed by atoms with Crippen LogP contribution in [-0.2, 0) is 11.3 Å². The molecular formula is C24H27N3O4. The molecule has 3 aromatic rings. The quantitative estimate of drug-likeness (QED) is 0.320. The van der Waals surface area contributed by atoms with Crippen LogP contribution < -0.4 is 4.90 Å². The van der Waals surface area contributed by atoms with E-state index in [0.29, 0.717) is 11.5 Å². The lowest BCUT2D eigenvalue weighted by molar-refractivity contribution is -0.384. The zero-order valence-electron chi connectivity index (χ0n) is 17.9. The first-order valence-corrected chi connectivity index (χ1v) is 10.6. The van der Waals surface area contributed by atoms with Crippen molar-refractivity contribution >= 4 is 28.2 Å². The number of aromatic nitrogens is 1. The smallest absolute Gasteiger partial charge is 0.337 e. The maximum Gasteiger partial charge on any atom is 0.337 e. The number of nitro benzene ring substituents is 1. The Hall–Kier alpha value is -3.35. The van der Waals surface area contributed by atoms with Crippen LogP contribution >= 0.6 is 0 Å². The van der Waals surface area contributed by atoms with Crippen molar-refractivity contribution in [3.8, 4) is 0 Å². The van der Waals surface area contributed by atoms with E-state index in [4.69, 9.17) is 4.74 Å². The summed E-state index contributed by atoms with van der Waals surface area (Å²) in [4.78, 5) is 24.8. The molecule has 1 aliphatic heterocycles. The molecule has 0 bridgehead atoms. The molecule has 31 heavy (non-hydrogen) atoms. The fourth-order valence-electron chi connectivity index (χ4n) is 4.49. The highest BCUT2D eigenvalue weighted by atomic mass is 16.6. The summed E-state index contributed by atoms with van der Waals surface area (Å²) in [5.74, 6) is 0.311. The first kappa shape index (κ1) is 20.9. The number of fused-ring (bicyclic) bond motifs is 1. The van der Waals surface area contributed by atoms with Gasteiger partial charge in [-0.15, -0.1) is 0 Å². The number of rotatable bonds is 6. The molecule has 0 atom stereocenters. The van der Waals surface area contributed by atoms with E-state index in [0.717, 1.165) is 61.1 Å². The normalized spacial score (nSPS) is 14.7. The number of hydrogen-bond acceptors (Lipinski definition) is 5. The van der Waals surface area contributed by atoms with Gasteiger partial charge in [0.05, 0.1) is 23.1 Å². The molecule has 0 saturated carbocycles. The molecule has 0 radical (unpaired) electrons. The fourth-order valence-corrected chi connectivity index (χ4v) is 4.49. The van der Waals surface area contributed by atoms with Gasteiger partial charge in [-0.3, -0.25) is 10.1 Å². The number of benzene rings is 2. The van der Waals surface area contributed by atoms with Crippen LogP contribution in [0.5, 0.6) is 0 Å². The number of non-ortho nitro benzene ring substituents is 1. The molecule has 0 unspecified atom stereocenters. The Kier molecular flexibility index (Phi) is 5.93. The van der Waals surface area contributed by atoms with Crippen molar-refractivity contribution in [2.75, 3.05) is 25.1 Å². The summed E-state index contributed by atoms with van der Waals surface area (Å²) in [6.07, 6.45) is 5.38. The summed E-state index contributed by atoms with van der Waals surface area (Å²) < 4.78 is 6.92. The van der Waals surface area contributed by atoms with Crippen LogP contribution in [0.3, 0.4) is 0 Å². The highest BCUT2D eigenvalue weighted by molar-refractivity contribution is 5.89. The molecule has 4 rings (SSSR count). The number of ether oxygens (including phenoxy) is 1. The highest BCUT2D eigenvalue weighted by Crippen LogP contribution is 2.29. The molecule has 1 aromatic heterocycles. The number of hydrogen-bond donors (Lipinski definition) is 0. The van der Waals surface area contributed by atoms with Crippen LogP contribution in [0.1, 0.15) is 35.2 Å². The van der Waals surface area contributed by atoms with Crippen LogP contribution in [0, 0.1) is 23.0 Å². The second-order valence-corrected chi connectivity index (χ2v) is 8.22. The van der Waals surface area contributed by atoms with Crippen molar-refractivity contribution in [2.45, 2.75) is 32.7 Å². The van der Waals surface area contributed by atoms with Gasteiger partial charge in [-0.1, -0.05) is 0 Å². The van der Waals surface area contributed by atoms with E-state index in [-0.39, 0.29) is 16.6 Å². The maximum absolute atomic E-state index is 11.6. The molecule has 1 aliphatic rings. The monoisotopic (exact) mass is 421 g/mol. The van der Waals surface area contributed by atoms with Crippen LogP contribution in [0.15, 0.2) is 48.7 Å². The number of methoxy groups -OCH3 is 1. The van der Waals surface area contributed by atoms with Crippen molar-refractivity contribution in [2.24, 2.45) is 5.92 Å². The van der Waals surface area contributed by atoms with E-state index in [1.807, 2.05) is 30.3 Å². The average molecular weight is 421 g/mol. The van der Waals surface area contributed by atoms with Gasteiger partial charge in [0.25, 0.3) is 5.69 Å². The number of piperidine rings is 1. The standard InChI is InChI=1S/C24H27N3O4/c1-17-16-26(23-15-21(27(29)30)7-8-22(17)23)14-11-18-9-12-25(13-10-18)20-5-3-19(4-6-20)24(28)31-2/h3-8,15-16,18H,9-14H2,1-2H3. The summed E-state index contributed by atoms with van der Waals surface area (Å²) >= 11 is 0. The highest BCUT2D eigenvalue weighted by Gasteiger charge is 2.20. The van der Waals surface area contributed by atoms with Gasteiger partial charge in [0.2, 0.25) is 0 Å². The minimum atomic E-state index is -0.334. The predicted molar refractivity (Wildman–Crippen MR) is 121 cm³/mol. The zero-order chi connectivity index (χ0) is 22.0. The van der Waals surface area contributed by atoms with E-state index in [1.54, 1.807) is 12.1 Å². The number of nitro groups is 1. The summed E-state index contributed by atoms with van der Waals surface area (Å²) in [7, 11) is 1.39. The third kappa shape index (κ3) is 4.40. The summed E-state index contributed by atoms with van der Waals surface area (Å²) in [5.41, 5.74) is 3.92. The molecule has 7 heteroatoms. The van der Waals surface area contributed by atoms with Crippen LogP contribution in [0.4, 0.5) is 11.4 Å². The number of anilines is 1. The molecule has 0 amide bonds. The molecule has 0 spiro atoms. The maximum atomic E-state index is 11.6. The van der Waals surface area contributed by atoms with Crippen LogP contribution in [0.2, 0.25) is 0 Å². The number of aryl methyl sites for hydroxylation is 2. The van der Waals surface area contributed by atoms with Gasteiger partial charge in [0.15, 0.2) is 0 Å². The van der Waals surface area contributed by atoms with E-state index in [1.165, 1.54) is 7.11 Å². The molecule has 1 fully saturated rings. The number of esters is 1. The van der Waals surface area contributed by atoms with Crippen molar-refractivity contribution < 1.29 is 14.5 Å². The Balaban J connectivity index is 1.36. The Morgan fingerprint density at radius 2 is 1.87 bits per heavy atom. The molecule has 162 valence electrons. The van der Waals surface area contributed by atoms with E-state index >= 15 is 0 Å². The van der Waals surface area contributed by atoms with Gasteiger partial charge in [-0.05, 0) is 68.0 Å². The molecule has 2 aromatic carbocycles. The molecule has 7 nitrogen and oxygen atoms in total. The van der Waals surface area contributed by atoms with Crippen molar-refractivity contribution in [3.63, 3.8) is 0 Å². The molecular weight excluding hydrogens is 394 g/mol. The summed E-state index contributed by atoms with van der Waals surface area (Å²) in [6, 6.07) is 12.7. The van der Waals surface area contributed by atoms with Crippen LogP contribution in [-0.4, -0.2) is 35.7 Å². The largest absolute Gasteiger partial charge is 0.465 e. The Labute approximate surface area is 181 Å². The number of carbonyl (C=O) groups excluding carboxylic acids is 1. The summed E-state index contributed by atoms with van der Waals surface area (Å²) in [5, 5.41) is 12.2. The van der Waals surface area contributed by atoms with Crippen molar-refractivity contribution in [3.05, 3.63) is 69.9 Å². The number of nitrogens with zero attached hydrogens (tertiary/aromatic N) is 3. The van der Waals surface area contributed by atoms with Crippen LogP contribution in [0.25, 0.3) is 10.9 Å². The zero-order valence-corrected chi connectivity index (χ0v) is 17.9. The van der Waals surface area contributed by atoms with Gasteiger partial charge < -0.3 is 14.2 Å². The minimum Gasteiger partial charge on any atom is -0.465 e. The second-order valence-electron chi connectivity index (χ2n) is 8.22. The first-order valence-electron chi connectivity index (χ1n) is 10.6. The predicted octanol–water partition coefficient (Wildman–Crippen LogP) is 4.95. The average Bonchev–Trinajstić information content (AvgIpc) is 3.12. The van der Waals surface area contributed by atoms with E-state index in [9.17, 15) is 14.9 Å². The lowest BCUT2D eigenvalue weighted by Crippen LogP contribution is -2.33. The lowest BCUT2D eigenvalue weighted by atomic mass is 9.93. The summed E-state index contributed by atoms with van der Waals surface area (Å²) in [6.45, 7) is 4.89. The van der Waals surface area contributed by atoms with Gasteiger partial charge in [0, 0.05) is 49.0 Å². The SMILES string of the molecule is COC(=O)c1ccc(N2CCC(CCn3cc(C)c4ccc([N+](=O)[O-])cc43)CC2)cc1. The topological polar surface area (TPSA) is 77.6 Å². The van der Waals surface area contributed by atoms with E-state index in [2.05, 4.69) is 22.6 Å². The Morgan fingerprint density at radius 1 is 1.16 bits per heavy atom. The van der Waals surface area contributed by atoms with Gasteiger partial charge in [-0.25, -0.2) is 4.79 Å². The molecule has 2 heterocycles. The molecule has 0 N–H and O–H groups in total. The first-order chi connectivity index (χ1) is 15.0. The van der Waals surface area contributed by atoms with Gasteiger partial charge in [0.1, 0.15) is 0 Å². The second kappa shape index (κ2) is 8.79. The Morgan fingerprint density at radius 3 is 2.52 bits per heavy atom. The lowest BCUT2D eigenvalue weighted by Gasteiger charge is -2.33. The fraction of sp³-hybridized carbons (Fsp3) is 0.375. The third-order valence-corrected chi connectivity index (χ3v) is 6.32. The van der Waals surface area contributed by atoms with E-state index < -0.39 is 0 Å². The van der Waals surface area contributed by atoms with Gasteiger partial charge in [-0.2, -0.15) is 0 Å². The molecule has 0 aliphatic carbocycles. The Bertz CT molecular complexity index is 1100. The van der Waals surface area contributed by atoms with Crippen molar-refractivity contribution in [1.82, 2.24) is 4.57 Å². The third-order valence-electron chi connectivity index (χ3n) is 6.32. The number of carbonyl (C=O) groups is 1. The van der Waals surface area contributed by atoms with Crippen molar-refractivity contribution in [1.29, 1.82) is 0 Å².